The zero-order chi connectivity index (χ0) is 28.6. The number of phenolic OH excluding ortho intramolecular Hbond substituents is 1. The predicted octanol–water partition coefficient (Wildman–Crippen LogP) is 8.10. The number of allylic oxidation sites excluding steroid dienone is 10. The minimum absolute atomic E-state index is 0.0770. The molecule has 0 saturated carbocycles. The number of carbonyl (C=O) groups excluding carboxylic acids is 2. The molecule has 214 valence electrons. The second-order valence-electron chi connectivity index (χ2n) is 8.96. The fraction of sp³-hybridized carbons (Fsp3) is 0.455. The topological polar surface area (TPSA) is 75.6 Å². The van der Waals surface area contributed by atoms with E-state index in [1.165, 1.54) is 6.07 Å². The van der Waals surface area contributed by atoms with Crippen LogP contribution in [0.4, 0.5) is 0 Å². The number of para-hydroxylation sites is 1. The Morgan fingerprint density at radius 3 is 1.92 bits per heavy atom. The van der Waals surface area contributed by atoms with E-state index in [0.717, 1.165) is 44.3 Å². The molecule has 0 aliphatic rings. The first-order valence-electron chi connectivity index (χ1n) is 14.1. The van der Waals surface area contributed by atoms with Crippen LogP contribution in [0.3, 0.4) is 0 Å². The molecule has 1 rings (SSSR count). The molecule has 0 heterocycles. The average molecular weight is 554 g/mol. The number of esters is 1. The number of nitrogens with one attached hydrogen (secondary N) is 1. The van der Waals surface area contributed by atoms with Gasteiger partial charge >= 0.3 is 5.97 Å². The van der Waals surface area contributed by atoms with Gasteiger partial charge in [0.25, 0.3) is 5.91 Å². The summed E-state index contributed by atoms with van der Waals surface area (Å²) in [7, 11) is 0. The van der Waals surface area contributed by atoms with Gasteiger partial charge in [0.05, 0.1) is 12.1 Å². The first-order chi connectivity index (χ1) is 19.0. The quantitative estimate of drug-likeness (QED) is 0.0969. The molecule has 0 bridgehead atoms. The van der Waals surface area contributed by atoms with Gasteiger partial charge in [0.15, 0.2) is 0 Å². The van der Waals surface area contributed by atoms with Gasteiger partial charge < -0.3 is 15.2 Å². The van der Waals surface area contributed by atoms with Crippen LogP contribution in [0.25, 0.3) is 0 Å². The summed E-state index contributed by atoms with van der Waals surface area (Å²) >= 11 is 1.64. The Morgan fingerprint density at radius 1 is 0.846 bits per heavy atom. The van der Waals surface area contributed by atoms with E-state index < -0.39 is 10.7 Å². The van der Waals surface area contributed by atoms with Crippen molar-refractivity contribution >= 4 is 23.6 Å². The van der Waals surface area contributed by atoms with Crippen molar-refractivity contribution in [2.45, 2.75) is 76.9 Å². The molecule has 1 aromatic carbocycles. The lowest BCUT2D eigenvalue weighted by molar-refractivity contribution is -0.146. The van der Waals surface area contributed by atoms with Crippen LogP contribution < -0.4 is 5.32 Å². The second-order valence-corrected chi connectivity index (χ2v) is 10.4. The van der Waals surface area contributed by atoms with Gasteiger partial charge in [-0.05, 0) is 69.3 Å². The van der Waals surface area contributed by atoms with Crippen molar-refractivity contribution in [3.8, 4) is 5.75 Å². The van der Waals surface area contributed by atoms with E-state index in [9.17, 15) is 14.7 Å². The fourth-order valence-electron chi connectivity index (χ4n) is 3.69. The lowest BCUT2D eigenvalue weighted by atomic mass is 10.0. The van der Waals surface area contributed by atoms with Gasteiger partial charge in [-0.15, -0.1) is 11.8 Å². The first kappa shape index (κ1) is 34.0. The number of carbonyl (C=O) groups is 2. The normalized spacial score (nSPS) is 12.5. The molecule has 0 unspecified atom stereocenters. The summed E-state index contributed by atoms with van der Waals surface area (Å²) in [5.41, 5.74) is 0.200. The summed E-state index contributed by atoms with van der Waals surface area (Å²) in [5, 5.41) is 12.5. The highest BCUT2D eigenvalue weighted by atomic mass is 32.2. The molecule has 2 N–H and O–H groups in total. The number of benzene rings is 1. The highest BCUT2D eigenvalue weighted by molar-refractivity contribution is 8.01. The van der Waals surface area contributed by atoms with Crippen LogP contribution in [0.1, 0.15) is 82.5 Å². The third kappa shape index (κ3) is 14.7. The number of aromatic hydroxyl groups is 1. The second kappa shape index (κ2) is 21.9. The number of ether oxygens (including phenoxy) is 1. The van der Waals surface area contributed by atoms with E-state index >= 15 is 0 Å². The van der Waals surface area contributed by atoms with E-state index in [1.807, 2.05) is 13.8 Å². The minimum Gasteiger partial charge on any atom is -0.507 e. The summed E-state index contributed by atoms with van der Waals surface area (Å²) in [6, 6.07) is 6.34. The smallest absolute Gasteiger partial charge is 0.322 e. The van der Waals surface area contributed by atoms with Crippen LogP contribution in [-0.2, 0) is 9.53 Å². The van der Waals surface area contributed by atoms with Gasteiger partial charge in [-0.1, -0.05) is 93.7 Å². The Bertz CT molecular complexity index is 974. The Balaban J connectivity index is 2.26. The lowest BCUT2D eigenvalue weighted by Crippen LogP contribution is -2.38. The number of rotatable bonds is 20. The van der Waals surface area contributed by atoms with Crippen LogP contribution in [0.15, 0.2) is 85.0 Å². The van der Waals surface area contributed by atoms with Crippen molar-refractivity contribution in [2.24, 2.45) is 0 Å². The van der Waals surface area contributed by atoms with Crippen molar-refractivity contribution in [3.63, 3.8) is 0 Å². The summed E-state index contributed by atoms with van der Waals surface area (Å²) in [6.45, 7) is 6.44. The van der Waals surface area contributed by atoms with Crippen LogP contribution in [0, 0.1) is 0 Å². The molecule has 1 aromatic rings. The number of amides is 1. The molecule has 0 saturated heterocycles. The maximum atomic E-state index is 12.9. The Hall–Kier alpha value is -2.99. The molecule has 0 aliphatic carbocycles. The molecular weight excluding hydrogens is 506 g/mol. The van der Waals surface area contributed by atoms with Gasteiger partial charge in [-0.3, -0.25) is 9.59 Å². The van der Waals surface area contributed by atoms with E-state index in [2.05, 4.69) is 73.0 Å². The SMILES string of the molecule is CCC=CCC=CCC=CCC=CCC=CCCSC(CC)(CC)C(=O)OCCNC(=O)c1ccccc1O. The summed E-state index contributed by atoms with van der Waals surface area (Å²) in [5.74, 6) is 0.128. The van der Waals surface area contributed by atoms with Gasteiger partial charge in [-0.25, -0.2) is 0 Å². The zero-order valence-corrected chi connectivity index (χ0v) is 24.8. The van der Waals surface area contributed by atoms with Gasteiger partial charge in [0.1, 0.15) is 17.1 Å². The number of hydrogen-bond donors (Lipinski definition) is 2. The Labute approximate surface area is 240 Å². The molecule has 0 spiro atoms. The molecule has 6 heteroatoms. The van der Waals surface area contributed by atoms with Crippen molar-refractivity contribution in [1.82, 2.24) is 5.32 Å². The molecule has 0 aromatic heterocycles. The molecule has 5 nitrogen and oxygen atoms in total. The van der Waals surface area contributed by atoms with Crippen LogP contribution in [-0.4, -0.2) is 40.6 Å². The predicted molar refractivity (Wildman–Crippen MR) is 166 cm³/mol. The fourth-order valence-corrected chi connectivity index (χ4v) is 4.92. The number of thioether (sulfide) groups is 1. The molecular formula is C33H47NO4S. The van der Waals surface area contributed by atoms with Crippen LogP contribution >= 0.6 is 11.8 Å². The lowest BCUT2D eigenvalue weighted by Gasteiger charge is -2.28. The number of hydrogen-bond acceptors (Lipinski definition) is 5. The van der Waals surface area contributed by atoms with E-state index in [0.29, 0.717) is 12.8 Å². The van der Waals surface area contributed by atoms with Gasteiger partial charge in [0, 0.05) is 0 Å². The van der Waals surface area contributed by atoms with Gasteiger partial charge in [-0.2, -0.15) is 0 Å². The standard InChI is InChI=1S/C33H47NO4S/c1-4-7-8-9-10-11-12-13-14-15-16-17-18-19-20-23-28-39-33(5-2,6-3)32(37)38-27-26-34-31(36)29-24-21-22-25-30(29)35/h7-8,10-11,13-14,16-17,19-22,24-25,35H,4-6,9,12,15,18,23,26-28H2,1-3H3,(H,34,36). The average Bonchev–Trinajstić information content (AvgIpc) is 2.95. The molecule has 0 radical (unpaired) electrons. The first-order valence-corrected chi connectivity index (χ1v) is 15.1. The van der Waals surface area contributed by atoms with Crippen molar-refractivity contribution in [1.29, 1.82) is 0 Å². The maximum absolute atomic E-state index is 12.9. The molecule has 0 fully saturated rings. The largest absolute Gasteiger partial charge is 0.507 e. The highest BCUT2D eigenvalue weighted by Gasteiger charge is 2.36. The Morgan fingerprint density at radius 2 is 1.38 bits per heavy atom. The van der Waals surface area contributed by atoms with Crippen molar-refractivity contribution < 1.29 is 19.4 Å². The van der Waals surface area contributed by atoms with E-state index in [1.54, 1.807) is 30.0 Å². The monoisotopic (exact) mass is 553 g/mol. The van der Waals surface area contributed by atoms with Crippen molar-refractivity contribution in [3.05, 3.63) is 90.6 Å². The minimum atomic E-state index is -0.580. The summed E-state index contributed by atoms with van der Waals surface area (Å²) in [4.78, 5) is 25.0. The van der Waals surface area contributed by atoms with E-state index in [4.69, 9.17) is 4.74 Å². The molecule has 0 aliphatic heterocycles. The van der Waals surface area contributed by atoms with E-state index in [-0.39, 0.29) is 30.4 Å². The zero-order valence-electron chi connectivity index (χ0n) is 23.9. The third-order valence-electron chi connectivity index (χ3n) is 6.10. The summed E-state index contributed by atoms with van der Waals surface area (Å²) < 4.78 is 4.93. The number of phenols is 1. The highest BCUT2D eigenvalue weighted by Crippen LogP contribution is 2.34. The van der Waals surface area contributed by atoms with Crippen LogP contribution in [0.5, 0.6) is 5.75 Å². The summed E-state index contributed by atoms with van der Waals surface area (Å²) in [6.07, 6.45) is 29.1. The molecule has 39 heavy (non-hydrogen) atoms. The van der Waals surface area contributed by atoms with Crippen molar-refractivity contribution in [2.75, 3.05) is 18.9 Å². The maximum Gasteiger partial charge on any atom is 0.322 e. The van der Waals surface area contributed by atoms with Gasteiger partial charge in [0.2, 0.25) is 0 Å². The van der Waals surface area contributed by atoms with Crippen LogP contribution in [0.2, 0.25) is 0 Å². The third-order valence-corrected chi connectivity index (χ3v) is 7.84. The Kier molecular flexibility index (Phi) is 19.1. The molecule has 1 amide bonds. The molecule has 0 atom stereocenters.